The van der Waals surface area contributed by atoms with Gasteiger partial charge in [0.1, 0.15) is 5.54 Å². The van der Waals surface area contributed by atoms with Crippen LogP contribution in [0.2, 0.25) is 0 Å². The van der Waals surface area contributed by atoms with E-state index in [0.717, 1.165) is 32.1 Å². The smallest absolute Gasteiger partial charge is 0.325 e. The first-order valence-corrected chi connectivity index (χ1v) is 9.84. The van der Waals surface area contributed by atoms with E-state index in [1.54, 1.807) is 0 Å². The Morgan fingerprint density at radius 3 is 2.56 bits per heavy atom. The van der Waals surface area contributed by atoms with Gasteiger partial charge in [-0.2, -0.15) is 0 Å². The van der Waals surface area contributed by atoms with Crippen LogP contribution in [0.15, 0.2) is 0 Å². The molecule has 0 aromatic carbocycles. The summed E-state index contributed by atoms with van der Waals surface area (Å²) in [5.74, 6) is 0.592. The molecule has 6 nitrogen and oxygen atoms in total. The van der Waals surface area contributed by atoms with Crippen molar-refractivity contribution in [1.29, 1.82) is 0 Å². The quantitative estimate of drug-likeness (QED) is 0.776. The standard InChI is InChI=1S/C19H31N3O3/c1-14-8-3-4-9-15(14)21(2)16(23)10-7-13-22-17(24)19(20-18(22)25)11-5-6-12-19/h14-15H,3-13H2,1-2H3,(H,20,25). The largest absolute Gasteiger partial charge is 0.343 e. The van der Waals surface area contributed by atoms with E-state index in [2.05, 4.69) is 12.2 Å². The van der Waals surface area contributed by atoms with Crippen LogP contribution in [-0.4, -0.2) is 52.8 Å². The topological polar surface area (TPSA) is 69.7 Å². The number of urea groups is 1. The number of amides is 4. The van der Waals surface area contributed by atoms with Gasteiger partial charge >= 0.3 is 6.03 Å². The van der Waals surface area contributed by atoms with Crippen molar-refractivity contribution in [2.75, 3.05) is 13.6 Å². The molecule has 3 rings (SSSR count). The molecule has 0 bridgehead atoms. The van der Waals surface area contributed by atoms with Gasteiger partial charge in [0.25, 0.3) is 5.91 Å². The first-order valence-electron chi connectivity index (χ1n) is 9.84. The van der Waals surface area contributed by atoms with Gasteiger partial charge in [-0.15, -0.1) is 0 Å². The summed E-state index contributed by atoms with van der Waals surface area (Å²) in [6.45, 7) is 2.56. The Balaban J connectivity index is 1.48. The lowest BCUT2D eigenvalue weighted by Gasteiger charge is -2.36. The molecule has 2 saturated carbocycles. The highest BCUT2D eigenvalue weighted by Crippen LogP contribution is 2.35. The van der Waals surface area contributed by atoms with Crippen LogP contribution in [0.4, 0.5) is 4.79 Å². The van der Waals surface area contributed by atoms with Crippen LogP contribution in [0.5, 0.6) is 0 Å². The molecular weight excluding hydrogens is 318 g/mol. The molecule has 0 aromatic rings. The summed E-state index contributed by atoms with van der Waals surface area (Å²) >= 11 is 0. The highest BCUT2D eigenvalue weighted by molar-refractivity contribution is 6.07. The van der Waals surface area contributed by atoms with E-state index in [9.17, 15) is 14.4 Å². The van der Waals surface area contributed by atoms with Gasteiger partial charge in [-0.1, -0.05) is 32.6 Å². The number of hydrogen-bond acceptors (Lipinski definition) is 3. The van der Waals surface area contributed by atoms with Gasteiger partial charge in [-0.05, 0) is 38.0 Å². The van der Waals surface area contributed by atoms with Crippen LogP contribution in [-0.2, 0) is 9.59 Å². The van der Waals surface area contributed by atoms with E-state index in [1.807, 2.05) is 11.9 Å². The SMILES string of the molecule is CC1CCCCC1N(C)C(=O)CCCN1C(=O)NC2(CCCC2)C1=O. The summed E-state index contributed by atoms with van der Waals surface area (Å²) in [6, 6.07) is 0.0494. The molecule has 2 unspecified atom stereocenters. The maximum Gasteiger partial charge on any atom is 0.325 e. The van der Waals surface area contributed by atoms with Crippen LogP contribution in [0.25, 0.3) is 0 Å². The highest BCUT2D eigenvalue weighted by Gasteiger charge is 2.52. The molecule has 3 fully saturated rings. The number of hydrogen-bond donors (Lipinski definition) is 1. The van der Waals surface area contributed by atoms with Crippen molar-refractivity contribution in [3.8, 4) is 0 Å². The lowest BCUT2D eigenvalue weighted by molar-refractivity contribution is -0.135. The van der Waals surface area contributed by atoms with Crippen molar-refractivity contribution < 1.29 is 14.4 Å². The molecule has 1 heterocycles. The third-order valence-electron chi connectivity index (χ3n) is 6.43. The Labute approximate surface area is 150 Å². The van der Waals surface area contributed by atoms with E-state index in [-0.39, 0.29) is 17.8 Å². The van der Waals surface area contributed by atoms with Crippen LogP contribution >= 0.6 is 0 Å². The molecule has 140 valence electrons. The molecule has 0 aromatic heterocycles. The molecule has 2 atom stereocenters. The van der Waals surface area contributed by atoms with Crippen molar-refractivity contribution >= 4 is 17.8 Å². The molecular formula is C19H31N3O3. The third-order valence-corrected chi connectivity index (χ3v) is 6.43. The monoisotopic (exact) mass is 349 g/mol. The fourth-order valence-electron chi connectivity index (χ4n) is 4.82. The fraction of sp³-hybridized carbons (Fsp3) is 0.842. The summed E-state index contributed by atoms with van der Waals surface area (Å²) in [6.07, 6.45) is 9.12. The Bertz CT molecular complexity index is 542. The average molecular weight is 349 g/mol. The number of nitrogens with one attached hydrogen (secondary N) is 1. The Morgan fingerprint density at radius 2 is 1.88 bits per heavy atom. The number of rotatable bonds is 5. The van der Waals surface area contributed by atoms with Gasteiger partial charge in [-0.25, -0.2) is 4.79 Å². The summed E-state index contributed by atoms with van der Waals surface area (Å²) in [4.78, 5) is 40.4. The first kappa shape index (κ1) is 18.2. The molecule has 3 aliphatic rings. The second-order valence-electron chi connectivity index (χ2n) is 8.11. The molecule has 1 N–H and O–H groups in total. The minimum absolute atomic E-state index is 0.0864. The lowest BCUT2D eigenvalue weighted by atomic mass is 9.85. The zero-order valence-corrected chi connectivity index (χ0v) is 15.6. The molecule has 1 aliphatic heterocycles. The van der Waals surface area contributed by atoms with E-state index in [0.29, 0.717) is 31.3 Å². The second kappa shape index (κ2) is 7.34. The van der Waals surface area contributed by atoms with Crippen molar-refractivity contribution in [2.45, 2.75) is 82.7 Å². The zero-order chi connectivity index (χ0) is 18.0. The van der Waals surface area contributed by atoms with Crippen molar-refractivity contribution in [3.63, 3.8) is 0 Å². The molecule has 6 heteroatoms. The van der Waals surface area contributed by atoms with Crippen LogP contribution in [0.1, 0.15) is 71.1 Å². The van der Waals surface area contributed by atoms with Gasteiger partial charge in [0, 0.05) is 26.1 Å². The molecule has 1 spiro atoms. The molecule has 0 radical (unpaired) electrons. The highest BCUT2D eigenvalue weighted by atomic mass is 16.2. The number of carbonyl (C=O) groups excluding carboxylic acids is 3. The van der Waals surface area contributed by atoms with Gasteiger partial charge in [0.15, 0.2) is 0 Å². The number of nitrogens with zero attached hydrogens (tertiary/aromatic N) is 2. The predicted molar refractivity (Wildman–Crippen MR) is 94.9 cm³/mol. The summed E-state index contributed by atoms with van der Waals surface area (Å²) < 4.78 is 0. The molecule has 2 aliphatic carbocycles. The summed E-state index contributed by atoms with van der Waals surface area (Å²) in [7, 11) is 1.90. The zero-order valence-electron chi connectivity index (χ0n) is 15.6. The second-order valence-corrected chi connectivity index (χ2v) is 8.11. The van der Waals surface area contributed by atoms with Gasteiger partial charge < -0.3 is 10.2 Å². The van der Waals surface area contributed by atoms with Crippen molar-refractivity contribution in [1.82, 2.24) is 15.1 Å². The van der Waals surface area contributed by atoms with Gasteiger partial charge in [0.05, 0.1) is 0 Å². The maximum absolute atomic E-state index is 12.6. The summed E-state index contributed by atoms with van der Waals surface area (Å²) in [5, 5.41) is 2.89. The van der Waals surface area contributed by atoms with Crippen LogP contribution in [0.3, 0.4) is 0 Å². The average Bonchev–Trinajstić information content (AvgIpc) is 3.15. The fourth-order valence-corrected chi connectivity index (χ4v) is 4.82. The Hall–Kier alpha value is -1.59. The van der Waals surface area contributed by atoms with Crippen LogP contribution < -0.4 is 5.32 Å². The maximum atomic E-state index is 12.6. The van der Waals surface area contributed by atoms with Gasteiger partial charge in [-0.3, -0.25) is 14.5 Å². The first-order chi connectivity index (χ1) is 11.9. The van der Waals surface area contributed by atoms with Gasteiger partial charge in [0.2, 0.25) is 5.91 Å². The number of carbonyl (C=O) groups is 3. The predicted octanol–water partition coefficient (Wildman–Crippen LogP) is 2.67. The van der Waals surface area contributed by atoms with Crippen molar-refractivity contribution in [3.05, 3.63) is 0 Å². The Kier molecular flexibility index (Phi) is 5.35. The molecule has 25 heavy (non-hydrogen) atoms. The minimum atomic E-state index is -0.643. The van der Waals surface area contributed by atoms with Crippen molar-refractivity contribution in [2.24, 2.45) is 5.92 Å². The molecule has 1 saturated heterocycles. The lowest BCUT2D eigenvalue weighted by Crippen LogP contribution is -2.44. The molecule has 4 amide bonds. The third kappa shape index (κ3) is 3.53. The number of imide groups is 1. The van der Waals surface area contributed by atoms with E-state index >= 15 is 0 Å². The normalized spacial score (nSPS) is 28.5. The minimum Gasteiger partial charge on any atom is -0.343 e. The van der Waals surface area contributed by atoms with Crippen LogP contribution in [0, 0.1) is 5.92 Å². The van der Waals surface area contributed by atoms with E-state index in [1.165, 1.54) is 24.2 Å². The van der Waals surface area contributed by atoms with E-state index in [4.69, 9.17) is 0 Å². The summed E-state index contributed by atoms with van der Waals surface area (Å²) in [5.41, 5.74) is -0.643. The van der Waals surface area contributed by atoms with E-state index < -0.39 is 5.54 Å². The Morgan fingerprint density at radius 1 is 1.20 bits per heavy atom.